The van der Waals surface area contributed by atoms with Crippen LogP contribution >= 0.6 is 0 Å². The molecule has 0 fully saturated rings. The first-order valence-corrected chi connectivity index (χ1v) is 8.67. The van der Waals surface area contributed by atoms with Crippen molar-refractivity contribution in [3.8, 4) is 5.69 Å². The molecule has 1 heterocycles. The van der Waals surface area contributed by atoms with Gasteiger partial charge in [-0.25, -0.2) is 9.48 Å². The summed E-state index contributed by atoms with van der Waals surface area (Å²) in [5.74, 6) is 0.424. The molecule has 2 aromatic rings. The first kappa shape index (κ1) is 19.7. The largest absolute Gasteiger partial charge is 0.439 e. The van der Waals surface area contributed by atoms with Crippen LogP contribution in [0, 0.1) is 5.41 Å². The minimum absolute atomic E-state index is 0.145. The van der Waals surface area contributed by atoms with Crippen molar-refractivity contribution < 1.29 is 9.63 Å². The van der Waals surface area contributed by atoms with E-state index < -0.39 is 6.09 Å². The van der Waals surface area contributed by atoms with Gasteiger partial charge in [0.1, 0.15) is 0 Å². The summed E-state index contributed by atoms with van der Waals surface area (Å²) in [6.45, 7) is 14.1. The maximum Gasteiger partial charge on any atom is 0.439 e. The molecule has 0 unspecified atom stereocenters. The molecule has 140 valence electrons. The number of nitrogens with one attached hydrogen (secondary N) is 1. The summed E-state index contributed by atoms with van der Waals surface area (Å²) in [6, 6.07) is 11.7. The second-order valence-electron chi connectivity index (χ2n) is 8.34. The SMILES string of the molecule is C/C(=N/OC(=O)Nc1cc(C(C)(C)C)n(-c2ccccc2)n1)C(C)(C)C. The summed E-state index contributed by atoms with van der Waals surface area (Å²) < 4.78 is 1.83. The number of benzene rings is 1. The van der Waals surface area contributed by atoms with Crippen LogP contribution in [0.5, 0.6) is 0 Å². The molecule has 0 aliphatic heterocycles. The number of carbonyl (C=O) groups is 1. The van der Waals surface area contributed by atoms with E-state index in [1.165, 1.54) is 0 Å². The lowest BCUT2D eigenvalue weighted by Crippen LogP contribution is -2.19. The van der Waals surface area contributed by atoms with Crippen molar-refractivity contribution >= 4 is 17.6 Å². The maximum atomic E-state index is 12.1. The Morgan fingerprint density at radius 3 is 2.27 bits per heavy atom. The highest BCUT2D eigenvalue weighted by atomic mass is 16.7. The average molecular weight is 356 g/mol. The van der Waals surface area contributed by atoms with Gasteiger partial charge in [-0.1, -0.05) is 64.9 Å². The van der Waals surface area contributed by atoms with Crippen molar-refractivity contribution in [3.05, 3.63) is 42.1 Å². The van der Waals surface area contributed by atoms with Crippen molar-refractivity contribution in [2.75, 3.05) is 5.32 Å². The molecular formula is C20H28N4O2. The number of aromatic nitrogens is 2. The van der Waals surface area contributed by atoms with Crippen molar-refractivity contribution in [3.63, 3.8) is 0 Å². The van der Waals surface area contributed by atoms with Gasteiger partial charge in [-0.2, -0.15) is 0 Å². The normalized spacial score (nSPS) is 12.8. The molecule has 0 atom stereocenters. The lowest BCUT2D eigenvalue weighted by molar-refractivity contribution is 0.165. The zero-order valence-electron chi connectivity index (χ0n) is 16.6. The predicted octanol–water partition coefficient (Wildman–Crippen LogP) is 5.14. The van der Waals surface area contributed by atoms with E-state index in [0.29, 0.717) is 5.82 Å². The van der Waals surface area contributed by atoms with Crippen LogP contribution in [0.3, 0.4) is 0 Å². The minimum Gasteiger partial charge on any atom is -0.298 e. The molecule has 26 heavy (non-hydrogen) atoms. The molecule has 1 N–H and O–H groups in total. The standard InChI is InChI=1S/C20H28N4O2/c1-14(19(2,3)4)23-26-18(25)21-17-13-16(20(5,6)7)24(22-17)15-11-9-8-10-12-15/h8-13H,1-7H3,(H,21,22,25)/b23-14-. The molecule has 0 bridgehead atoms. The Bertz CT molecular complexity index is 793. The molecule has 2 rings (SSSR count). The smallest absolute Gasteiger partial charge is 0.298 e. The third-order valence-corrected chi connectivity index (χ3v) is 4.06. The number of hydrogen-bond donors (Lipinski definition) is 1. The second-order valence-corrected chi connectivity index (χ2v) is 8.34. The monoisotopic (exact) mass is 356 g/mol. The number of nitrogens with zero attached hydrogens (tertiary/aromatic N) is 3. The van der Waals surface area contributed by atoms with Gasteiger partial charge in [-0.05, 0) is 19.1 Å². The van der Waals surface area contributed by atoms with Gasteiger partial charge in [0.05, 0.1) is 17.1 Å². The van der Waals surface area contributed by atoms with Crippen molar-refractivity contribution in [2.45, 2.75) is 53.9 Å². The fourth-order valence-electron chi connectivity index (χ4n) is 2.12. The van der Waals surface area contributed by atoms with Crippen LogP contribution in [-0.2, 0) is 10.3 Å². The molecule has 0 saturated carbocycles. The number of amides is 1. The summed E-state index contributed by atoms with van der Waals surface area (Å²) in [5, 5.41) is 11.1. The van der Waals surface area contributed by atoms with E-state index in [1.54, 1.807) is 0 Å². The minimum atomic E-state index is -0.660. The van der Waals surface area contributed by atoms with Gasteiger partial charge in [0.15, 0.2) is 5.82 Å². The topological polar surface area (TPSA) is 68.5 Å². The molecule has 1 aromatic carbocycles. The molecule has 6 nitrogen and oxygen atoms in total. The van der Waals surface area contributed by atoms with Gasteiger partial charge in [0, 0.05) is 16.9 Å². The number of rotatable bonds is 3. The molecule has 1 amide bonds. The molecule has 0 aliphatic carbocycles. The van der Waals surface area contributed by atoms with Crippen LogP contribution in [0.15, 0.2) is 41.6 Å². The summed E-state index contributed by atoms with van der Waals surface area (Å²) in [4.78, 5) is 17.0. The molecular weight excluding hydrogens is 328 g/mol. The highest BCUT2D eigenvalue weighted by Gasteiger charge is 2.23. The third-order valence-electron chi connectivity index (χ3n) is 4.06. The summed E-state index contributed by atoms with van der Waals surface area (Å²) in [7, 11) is 0. The highest BCUT2D eigenvalue weighted by Crippen LogP contribution is 2.27. The van der Waals surface area contributed by atoms with E-state index in [9.17, 15) is 4.79 Å². The van der Waals surface area contributed by atoms with Crippen LogP contribution in [0.2, 0.25) is 0 Å². The van der Waals surface area contributed by atoms with E-state index in [1.807, 2.05) is 68.8 Å². The average Bonchev–Trinajstić information content (AvgIpc) is 2.96. The predicted molar refractivity (Wildman–Crippen MR) is 105 cm³/mol. The van der Waals surface area contributed by atoms with E-state index in [2.05, 4.69) is 36.3 Å². The Kier molecular flexibility index (Phi) is 5.54. The summed E-state index contributed by atoms with van der Waals surface area (Å²) >= 11 is 0. The number of hydrogen-bond acceptors (Lipinski definition) is 4. The lowest BCUT2D eigenvalue weighted by atomic mass is 9.91. The number of oxime groups is 1. The van der Waals surface area contributed by atoms with Crippen LogP contribution in [0.4, 0.5) is 10.6 Å². The molecule has 0 saturated heterocycles. The number of carbonyl (C=O) groups excluding carboxylic acids is 1. The fourth-order valence-corrected chi connectivity index (χ4v) is 2.12. The Labute approximate surface area is 155 Å². The van der Waals surface area contributed by atoms with Crippen LogP contribution < -0.4 is 5.32 Å². The van der Waals surface area contributed by atoms with Crippen LogP contribution in [0.25, 0.3) is 5.69 Å². The van der Waals surface area contributed by atoms with Gasteiger partial charge in [0.2, 0.25) is 0 Å². The Balaban J connectivity index is 2.23. The molecule has 1 aromatic heterocycles. The lowest BCUT2D eigenvalue weighted by Gasteiger charge is -2.19. The second kappa shape index (κ2) is 7.32. The molecule has 6 heteroatoms. The molecule has 0 radical (unpaired) electrons. The van der Waals surface area contributed by atoms with E-state index >= 15 is 0 Å². The summed E-state index contributed by atoms with van der Waals surface area (Å²) in [5.41, 5.74) is 2.34. The Morgan fingerprint density at radius 2 is 1.73 bits per heavy atom. The van der Waals surface area contributed by atoms with E-state index in [-0.39, 0.29) is 10.8 Å². The van der Waals surface area contributed by atoms with Crippen LogP contribution in [-0.4, -0.2) is 21.6 Å². The Morgan fingerprint density at radius 1 is 1.12 bits per heavy atom. The fraction of sp³-hybridized carbons (Fsp3) is 0.450. The third kappa shape index (κ3) is 4.94. The van der Waals surface area contributed by atoms with Gasteiger partial charge < -0.3 is 0 Å². The van der Waals surface area contributed by atoms with Crippen molar-refractivity contribution in [1.82, 2.24) is 9.78 Å². The zero-order chi connectivity index (χ0) is 19.5. The highest BCUT2D eigenvalue weighted by molar-refractivity contribution is 5.88. The van der Waals surface area contributed by atoms with Crippen molar-refractivity contribution in [2.24, 2.45) is 10.6 Å². The van der Waals surface area contributed by atoms with Gasteiger partial charge >= 0.3 is 6.09 Å². The van der Waals surface area contributed by atoms with Crippen molar-refractivity contribution in [1.29, 1.82) is 0 Å². The number of anilines is 1. The van der Waals surface area contributed by atoms with E-state index in [4.69, 9.17) is 4.84 Å². The van der Waals surface area contributed by atoms with Gasteiger partial charge in [0.25, 0.3) is 0 Å². The number of para-hydroxylation sites is 1. The van der Waals surface area contributed by atoms with Crippen LogP contribution in [0.1, 0.15) is 54.2 Å². The quantitative estimate of drug-likeness (QED) is 0.470. The van der Waals surface area contributed by atoms with Gasteiger partial charge in [-0.15, -0.1) is 5.10 Å². The summed E-state index contributed by atoms with van der Waals surface area (Å²) in [6.07, 6.45) is -0.660. The first-order valence-electron chi connectivity index (χ1n) is 8.67. The Hall–Kier alpha value is -2.63. The molecule has 0 aliphatic rings. The zero-order valence-corrected chi connectivity index (χ0v) is 16.6. The van der Waals surface area contributed by atoms with E-state index in [0.717, 1.165) is 17.1 Å². The maximum absolute atomic E-state index is 12.1. The molecule has 0 spiro atoms. The first-order chi connectivity index (χ1) is 12.0. The van der Waals surface area contributed by atoms with Gasteiger partial charge in [-0.3, -0.25) is 10.2 Å².